The van der Waals surface area contributed by atoms with E-state index in [1.165, 1.54) is 0 Å². The van der Waals surface area contributed by atoms with Crippen molar-refractivity contribution < 1.29 is 9.47 Å². The summed E-state index contributed by atoms with van der Waals surface area (Å²) in [5, 5.41) is 0. The van der Waals surface area contributed by atoms with Gasteiger partial charge in [-0.05, 0) is 20.8 Å². The van der Waals surface area contributed by atoms with Gasteiger partial charge in [-0.2, -0.15) is 0 Å². The predicted molar refractivity (Wildman–Crippen MR) is 60.9 cm³/mol. The lowest BCUT2D eigenvalue weighted by Gasteiger charge is -2.33. The highest BCUT2D eigenvalue weighted by Gasteiger charge is 2.21. The first-order valence-electron chi connectivity index (χ1n) is 5.69. The average molecular weight is 216 g/mol. The number of hydrogen-bond donors (Lipinski definition) is 1. The molecule has 1 aliphatic rings. The number of ether oxygens (including phenoxy) is 2. The van der Waals surface area contributed by atoms with Crippen molar-refractivity contribution in [1.29, 1.82) is 0 Å². The first kappa shape index (κ1) is 12.9. The summed E-state index contributed by atoms with van der Waals surface area (Å²) in [5.41, 5.74) is 5.60. The molecule has 1 rings (SSSR count). The van der Waals surface area contributed by atoms with E-state index in [0.717, 1.165) is 32.8 Å². The molecular weight excluding hydrogens is 192 g/mol. The van der Waals surface area contributed by atoms with Gasteiger partial charge in [-0.15, -0.1) is 0 Å². The van der Waals surface area contributed by atoms with Gasteiger partial charge in [-0.3, -0.25) is 4.90 Å². The first-order valence-corrected chi connectivity index (χ1v) is 5.69. The van der Waals surface area contributed by atoms with Gasteiger partial charge in [0.1, 0.15) is 0 Å². The van der Waals surface area contributed by atoms with E-state index in [1.54, 1.807) is 0 Å². The van der Waals surface area contributed by atoms with Gasteiger partial charge in [0, 0.05) is 26.2 Å². The topological polar surface area (TPSA) is 47.7 Å². The maximum Gasteiger partial charge on any atom is 0.0831 e. The fourth-order valence-electron chi connectivity index (χ4n) is 1.73. The fourth-order valence-corrected chi connectivity index (χ4v) is 1.73. The molecule has 2 N–H and O–H groups in total. The van der Waals surface area contributed by atoms with Gasteiger partial charge in [-0.25, -0.2) is 0 Å². The van der Waals surface area contributed by atoms with Crippen LogP contribution in [0.5, 0.6) is 0 Å². The van der Waals surface area contributed by atoms with Crippen LogP contribution in [0, 0.1) is 0 Å². The molecule has 1 fully saturated rings. The summed E-state index contributed by atoms with van der Waals surface area (Å²) in [6.07, 6.45) is 0.128. The Morgan fingerprint density at radius 1 is 1.33 bits per heavy atom. The van der Waals surface area contributed by atoms with Crippen molar-refractivity contribution in [3.63, 3.8) is 0 Å². The largest absolute Gasteiger partial charge is 0.379 e. The van der Waals surface area contributed by atoms with Crippen LogP contribution in [0.3, 0.4) is 0 Å². The van der Waals surface area contributed by atoms with Crippen molar-refractivity contribution in [2.75, 3.05) is 39.4 Å². The van der Waals surface area contributed by atoms with Crippen LogP contribution < -0.4 is 5.73 Å². The molecule has 4 heteroatoms. The first-order chi connectivity index (χ1) is 7.01. The van der Waals surface area contributed by atoms with Gasteiger partial charge in [0.05, 0.1) is 24.9 Å². The van der Waals surface area contributed by atoms with Crippen LogP contribution in [-0.4, -0.2) is 56.0 Å². The fraction of sp³-hybridized carbons (Fsp3) is 1.00. The van der Waals surface area contributed by atoms with Crippen LogP contribution in [0.25, 0.3) is 0 Å². The van der Waals surface area contributed by atoms with Crippen LogP contribution in [-0.2, 0) is 9.47 Å². The summed E-state index contributed by atoms with van der Waals surface area (Å²) in [4.78, 5) is 2.35. The molecule has 4 nitrogen and oxygen atoms in total. The molecule has 1 heterocycles. The van der Waals surface area contributed by atoms with Gasteiger partial charge in [0.2, 0.25) is 0 Å². The monoisotopic (exact) mass is 216 g/mol. The highest BCUT2D eigenvalue weighted by Crippen LogP contribution is 2.11. The summed E-state index contributed by atoms with van der Waals surface area (Å²) in [5.74, 6) is 0. The molecule has 0 radical (unpaired) electrons. The van der Waals surface area contributed by atoms with Gasteiger partial charge in [-0.1, -0.05) is 0 Å². The van der Waals surface area contributed by atoms with Crippen LogP contribution in [0.1, 0.15) is 20.8 Å². The Hall–Kier alpha value is -0.160. The quantitative estimate of drug-likeness (QED) is 0.742. The smallest absolute Gasteiger partial charge is 0.0831 e. The van der Waals surface area contributed by atoms with Gasteiger partial charge in [0.15, 0.2) is 0 Å². The summed E-state index contributed by atoms with van der Waals surface area (Å²) < 4.78 is 11.2. The van der Waals surface area contributed by atoms with Crippen LogP contribution >= 0.6 is 0 Å². The normalized spacial score (nSPS) is 21.6. The molecule has 0 aromatic heterocycles. The Morgan fingerprint density at radius 3 is 2.40 bits per heavy atom. The molecule has 90 valence electrons. The lowest BCUT2D eigenvalue weighted by molar-refractivity contribution is -0.0761. The molecule has 0 spiro atoms. The average Bonchev–Trinajstić information content (AvgIpc) is 2.16. The van der Waals surface area contributed by atoms with E-state index in [9.17, 15) is 0 Å². The lowest BCUT2D eigenvalue weighted by Crippen LogP contribution is -2.46. The second kappa shape index (κ2) is 5.80. The molecular formula is C11H24N2O2. The molecule has 0 saturated carbocycles. The second-order valence-electron chi connectivity index (χ2n) is 5.00. The third-order valence-corrected chi connectivity index (χ3v) is 2.35. The molecule has 1 atom stereocenters. The number of nitrogens with zero attached hydrogens (tertiary/aromatic N) is 1. The van der Waals surface area contributed by atoms with Crippen molar-refractivity contribution in [2.45, 2.75) is 32.5 Å². The van der Waals surface area contributed by atoms with E-state index in [1.807, 2.05) is 0 Å². The van der Waals surface area contributed by atoms with Gasteiger partial charge >= 0.3 is 0 Å². The number of morpholine rings is 1. The summed E-state index contributed by atoms with van der Waals surface area (Å²) in [6.45, 7) is 11.3. The maximum absolute atomic E-state index is 5.88. The molecule has 1 aliphatic heterocycles. The van der Waals surface area contributed by atoms with Gasteiger partial charge in [0.25, 0.3) is 0 Å². The zero-order valence-electron chi connectivity index (χ0n) is 10.2. The lowest BCUT2D eigenvalue weighted by atomic mass is 10.1. The minimum absolute atomic E-state index is 0.115. The molecule has 0 aromatic carbocycles. The second-order valence-corrected chi connectivity index (χ2v) is 5.00. The highest BCUT2D eigenvalue weighted by molar-refractivity contribution is 4.72. The number of rotatable bonds is 4. The zero-order valence-corrected chi connectivity index (χ0v) is 10.2. The van der Waals surface area contributed by atoms with E-state index in [0.29, 0.717) is 6.54 Å². The molecule has 0 bridgehead atoms. The standard InChI is InChI=1S/C11H24N2O2/c1-11(2,3)15-10(8-12)9-13-4-6-14-7-5-13/h10H,4-9,12H2,1-3H3. The van der Waals surface area contributed by atoms with Crippen LogP contribution in [0.2, 0.25) is 0 Å². The Bertz CT molecular complexity index is 174. The van der Waals surface area contributed by atoms with E-state index in [-0.39, 0.29) is 11.7 Å². The molecule has 0 aromatic rings. The molecule has 15 heavy (non-hydrogen) atoms. The zero-order chi connectivity index (χ0) is 11.3. The van der Waals surface area contributed by atoms with Gasteiger partial charge < -0.3 is 15.2 Å². The summed E-state index contributed by atoms with van der Waals surface area (Å²) >= 11 is 0. The SMILES string of the molecule is CC(C)(C)OC(CN)CN1CCOCC1. The Morgan fingerprint density at radius 2 is 1.93 bits per heavy atom. The molecule has 1 unspecified atom stereocenters. The third kappa shape index (κ3) is 5.47. The Labute approximate surface area is 92.7 Å². The number of nitrogens with two attached hydrogens (primary N) is 1. The van der Waals surface area contributed by atoms with Crippen molar-refractivity contribution in [3.8, 4) is 0 Å². The van der Waals surface area contributed by atoms with E-state index >= 15 is 0 Å². The summed E-state index contributed by atoms with van der Waals surface area (Å²) in [6, 6.07) is 0. The predicted octanol–water partition coefficient (Wildman–Crippen LogP) is 0.461. The van der Waals surface area contributed by atoms with Crippen LogP contribution in [0.4, 0.5) is 0 Å². The van der Waals surface area contributed by atoms with E-state index < -0.39 is 0 Å². The van der Waals surface area contributed by atoms with Crippen molar-refractivity contribution in [2.24, 2.45) is 5.73 Å². The van der Waals surface area contributed by atoms with E-state index in [2.05, 4.69) is 25.7 Å². The Kier molecular flexibility index (Phi) is 4.99. The van der Waals surface area contributed by atoms with Crippen molar-refractivity contribution in [1.82, 2.24) is 4.90 Å². The third-order valence-electron chi connectivity index (χ3n) is 2.35. The van der Waals surface area contributed by atoms with Crippen LogP contribution in [0.15, 0.2) is 0 Å². The molecule has 1 saturated heterocycles. The van der Waals surface area contributed by atoms with Crippen molar-refractivity contribution in [3.05, 3.63) is 0 Å². The Balaban J connectivity index is 2.31. The minimum atomic E-state index is -0.115. The van der Waals surface area contributed by atoms with Crippen molar-refractivity contribution >= 4 is 0 Å². The van der Waals surface area contributed by atoms with E-state index in [4.69, 9.17) is 15.2 Å². The minimum Gasteiger partial charge on any atom is -0.379 e. The molecule has 0 amide bonds. The maximum atomic E-state index is 5.88. The number of hydrogen-bond acceptors (Lipinski definition) is 4. The highest BCUT2D eigenvalue weighted by atomic mass is 16.5. The summed E-state index contributed by atoms with van der Waals surface area (Å²) in [7, 11) is 0. The molecule has 0 aliphatic carbocycles.